The van der Waals surface area contributed by atoms with Crippen molar-refractivity contribution in [3.8, 4) is 11.5 Å². The van der Waals surface area contributed by atoms with Crippen LogP contribution in [0.3, 0.4) is 0 Å². The summed E-state index contributed by atoms with van der Waals surface area (Å²) in [6.07, 6.45) is 3.99. The van der Waals surface area contributed by atoms with Crippen LogP contribution >= 0.6 is 0 Å². The smallest absolute Gasteiger partial charge is 0.161 e. The molecule has 0 N–H and O–H groups in total. The van der Waals surface area contributed by atoms with E-state index in [4.69, 9.17) is 9.47 Å². The minimum absolute atomic E-state index is 0.764. The standard InChI is InChI=1S/C12H16O2/c1-13-11-7-2-3-8-12(11)14-9-10-5-4-6-10/h2-3,7-8,10H,4-6,9H2,1H3. The van der Waals surface area contributed by atoms with Gasteiger partial charge in [0.25, 0.3) is 0 Å². The molecular formula is C12H16O2. The van der Waals surface area contributed by atoms with Gasteiger partial charge in [0.1, 0.15) is 0 Å². The summed E-state index contributed by atoms with van der Waals surface area (Å²) in [5.41, 5.74) is 0. The molecule has 1 aliphatic carbocycles. The Labute approximate surface area is 84.8 Å². The van der Waals surface area contributed by atoms with Crippen molar-refractivity contribution < 1.29 is 9.47 Å². The molecule has 1 aromatic rings. The van der Waals surface area contributed by atoms with E-state index in [1.807, 2.05) is 24.3 Å². The summed E-state index contributed by atoms with van der Waals surface area (Å²) in [5, 5.41) is 0. The van der Waals surface area contributed by atoms with Crippen molar-refractivity contribution in [1.82, 2.24) is 0 Å². The highest BCUT2D eigenvalue weighted by Gasteiger charge is 2.18. The van der Waals surface area contributed by atoms with E-state index >= 15 is 0 Å². The fourth-order valence-electron chi connectivity index (χ4n) is 1.61. The summed E-state index contributed by atoms with van der Waals surface area (Å²) in [5.74, 6) is 2.45. The molecule has 1 fully saturated rings. The van der Waals surface area contributed by atoms with E-state index in [2.05, 4.69) is 0 Å². The van der Waals surface area contributed by atoms with Crippen LogP contribution in [0.5, 0.6) is 11.5 Å². The van der Waals surface area contributed by atoms with Gasteiger partial charge in [0.2, 0.25) is 0 Å². The molecule has 0 spiro atoms. The Morgan fingerprint density at radius 3 is 2.50 bits per heavy atom. The SMILES string of the molecule is COc1ccccc1OCC1CCC1. The van der Waals surface area contributed by atoms with Crippen molar-refractivity contribution in [2.45, 2.75) is 19.3 Å². The Hall–Kier alpha value is -1.18. The number of ether oxygens (including phenoxy) is 2. The van der Waals surface area contributed by atoms with Crippen LogP contribution in [-0.4, -0.2) is 13.7 Å². The highest BCUT2D eigenvalue weighted by atomic mass is 16.5. The molecule has 1 saturated carbocycles. The van der Waals surface area contributed by atoms with Crippen molar-refractivity contribution in [2.24, 2.45) is 5.92 Å². The Morgan fingerprint density at radius 1 is 1.21 bits per heavy atom. The monoisotopic (exact) mass is 192 g/mol. The van der Waals surface area contributed by atoms with Gasteiger partial charge in [-0.25, -0.2) is 0 Å². The number of hydrogen-bond acceptors (Lipinski definition) is 2. The third-order valence-corrected chi connectivity index (χ3v) is 2.77. The minimum Gasteiger partial charge on any atom is -0.493 e. The van der Waals surface area contributed by atoms with Gasteiger partial charge in [-0.05, 0) is 30.9 Å². The fraction of sp³-hybridized carbons (Fsp3) is 0.500. The van der Waals surface area contributed by atoms with Crippen LogP contribution in [0.4, 0.5) is 0 Å². The predicted molar refractivity (Wildman–Crippen MR) is 55.8 cm³/mol. The molecule has 76 valence electrons. The van der Waals surface area contributed by atoms with Gasteiger partial charge in [-0.15, -0.1) is 0 Å². The van der Waals surface area contributed by atoms with Crippen molar-refractivity contribution in [1.29, 1.82) is 0 Å². The van der Waals surface area contributed by atoms with Crippen LogP contribution in [0, 0.1) is 5.92 Å². The number of hydrogen-bond donors (Lipinski definition) is 0. The summed E-state index contributed by atoms with van der Waals surface area (Å²) in [7, 11) is 1.67. The average Bonchev–Trinajstić information content (AvgIpc) is 2.16. The van der Waals surface area contributed by atoms with Crippen LogP contribution in [0.1, 0.15) is 19.3 Å². The number of para-hydroxylation sites is 2. The first-order valence-corrected chi connectivity index (χ1v) is 5.16. The summed E-state index contributed by atoms with van der Waals surface area (Å²) in [4.78, 5) is 0. The van der Waals surface area contributed by atoms with Gasteiger partial charge in [0.05, 0.1) is 13.7 Å². The largest absolute Gasteiger partial charge is 0.493 e. The number of rotatable bonds is 4. The van der Waals surface area contributed by atoms with Crippen LogP contribution in [-0.2, 0) is 0 Å². The van der Waals surface area contributed by atoms with E-state index in [9.17, 15) is 0 Å². The first-order valence-electron chi connectivity index (χ1n) is 5.16. The number of methoxy groups -OCH3 is 1. The maximum absolute atomic E-state index is 5.71. The number of benzene rings is 1. The van der Waals surface area contributed by atoms with Gasteiger partial charge in [-0.1, -0.05) is 18.6 Å². The third-order valence-electron chi connectivity index (χ3n) is 2.77. The van der Waals surface area contributed by atoms with E-state index in [0.29, 0.717) is 0 Å². The Bertz CT molecular complexity index is 292. The molecule has 2 rings (SSSR count). The van der Waals surface area contributed by atoms with Crippen molar-refractivity contribution in [3.05, 3.63) is 24.3 Å². The molecule has 0 aromatic heterocycles. The zero-order valence-corrected chi connectivity index (χ0v) is 8.53. The minimum atomic E-state index is 0.764. The molecule has 2 heteroatoms. The van der Waals surface area contributed by atoms with Gasteiger partial charge in [-0.2, -0.15) is 0 Å². The van der Waals surface area contributed by atoms with Gasteiger partial charge >= 0.3 is 0 Å². The maximum Gasteiger partial charge on any atom is 0.161 e. The molecule has 0 saturated heterocycles. The molecule has 0 amide bonds. The van der Waals surface area contributed by atoms with Crippen LogP contribution in [0.25, 0.3) is 0 Å². The van der Waals surface area contributed by atoms with Gasteiger partial charge < -0.3 is 9.47 Å². The topological polar surface area (TPSA) is 18.5 Å². The molecule has 0 heterocycles. The van der Waals surface area contributed by atoms with E-state index in [-0.39, 0.29) is 0 Å². The molecule has 1 aliphatic rings. The fourth-order valence-corrected chi connectivity index (χ4v) is 1.61. The quantitative estimate of drug-likeness (QED) is 0.730. The second kappa shape index (κ2) is 4.36. The lowest BCUT2D eigenvalue weighted by molar-refractivity contribution is 0.176. The molecule has 0 unspecified atom stereocenters. The molecule has 2 nitrogen and oxygen atoms in total. The lowest BCUT2D eigenvalue weighted by Crippen LogP contribution is -2.19. The predicted octanol–water partition coefficient (Wildman–Crippen LogP) is 2.87. The van der Waals surface area contributed by atoms with E-state index < -0.39 is 0 Å². The Kier molecular flexibility index (Phi) is 2.92. The van der Waals surface area contributed by atoms with E-state index in [1.54, 1.807) is 7.11 Å². The molecular weight excluding hydrogens is 176 g/mol. The third kappa shape index (κ3) is 2.00. The summed E-state index contributed by atoms with van der Waals surface area (Å²) < 4.78 is 10.9. The van der Waals surface area contributed by atoms with Gasteiger partial charge in [-0.3, -0.25) is 0 Å². The molecule has 0 atom stereocenters. The van der Waals surface area contributed by atoms with Crippen molar-refractivity contribution in [2.75, 3.05) is 13.7 Å². The molecule has 0 aliphatic heterocycles. The van der Waals surface area contributed by atoms with Crippen LogP contribution in [0.15, 0.2) is 24.3 Å². The molecule has 0 bridgehead atoms. The lowest BCUT2D eigenvalue weighted by atomic mass is 9.86. The summed E-state index contributed by atoms with van der Waals surface area (Å²) >= 11 is 0. The molecule has 1 aromatic carbocycles. The second-order valence-corrected chi connectivity index (χ2v) is 3.76. The van der Waals surface area contributed by atoms with Gasteiger partial charge in [0.15, 0.2) is 11.5 Å². The average molecular weight is 192 g/mol. The van der Waals surface area contributed by atoms with Crippen LogP contribution in [0.2, 0.25) is 0 Å². The highest BCUT2D eigenvalue weighted by molar-refractivity contribution is 5.39. The van der Waals surface area contributed by atoms with Crippen LogP contribution < -0.4 is 9.47 Å². The Morgan fingerprint density at radius 2 is 1.93 bits per heavy atom. The zero-order valence-electron chi connectivity index (χ0n) is 8.53. The second-order valence-electron chi connectivity index (χ2n) is 3.76. The maximum atomic E-state index is 5.71. The van der Waals surface area contributed by atoms with E-state index in [1.165, 1.54) is 19.3 Å². The van der Waals surface area contributed by atoms with Crippen molar-refractivity contribution in [3.63, 3.8) is 0 Å². The first-order chi connectivity index (χ1) is 6.90. The normalized spacial score (nSPS) is 16.1. The summed E-state index contributed by atoms with van der Waals surface area (Å²) in [6.45, 7) is 0.834. The zero-order chi connectivity index (χ0) is 9.80. The first kappa shape index (κ1) is 9.38. The van der Waals surface area contributed by atoms with Crippen molar-refractivity contribution >= 4 is 0 Å². The highest BCUT2D eigenvalue weighted by Crippen LogP contribution is 2.30. The van der Waals surface area contributed by atoms with E-state index in [0.717, 1.165) is 24.0 Å². The van der Waals surface area contributed by atoms with Gasteiger partial charge in [0, 0.05) is 0 Å². The lowest BCUT2D eigenvalue weighted by Gasteiger charge is -2.25. The molecule has 0 radical (unpaired) electrons. The Balaban J connectivity index is 1.93. The molecule has 14 heavy (non-hydrogen) atoms. The summed E-state index contributed by atoms with van der Waals surface area (Å²) in [6, 6.07) is 7.81.